The first-order valence-corrected chi connectivity index (χ1v) is 13.2. The fourth-order valence-corrected chi connectivity index (χ4v) is 4.22. The maximum absolute atomic E-state index is 14.0. The number of hydrogen-bond donors (Lipinski definition) is 3. The van der Waals surface area contributed by atoms with Crippen LogP contribution in [0.15, 0.2) is 89.5 Å². The van der Waals surface area contributed by atoms with Gasteiger partial charge in [0.25, 0.3) is 0 Å². The number of aromatic nitrogens is 2. The number of nitrogens with zero attached hydrogens (tertiary/aromatic N) is 6. The average Bonchev–Trinajstić information content (AvgIpc) is 2.97. The molecule has 4 rings (SSSR count). The highest BCUT2D eigenvalue weighted by Crippen LogP contribution is 2.35. The number of benzene rings is 2. The maximum atomic E-state index is 14.0. The van der Waals surface area contributed by atoms with Crippen LogP contribution in [0.3, 0.4) is 0 Å². The van der Waals surface area contributed by atoms with Crippen LogP contribution >= 0.6 is 0 Å². The van der Waals surface area contributed by atoms with Gasteiger partial charge in [-0.1, -0.05) is 42.5 Å². The number of nitrogens with one attached hydrogen (secondary N) is 2. The average molecular weight is 574 g/mol. The summed E-state index contributed by atoms with van der Waals surface area (Å²) in [5.41, 5.74) is 9.12. The number of ether oxygens (including phenoxy) is 1. The zero-order valence-corrected chi connectivity index (χ0v) is 24.1. The fourth-order valence-electron chi connectivity index (χ4n) is 4.22. The Hall–Kier alpha value is -5.23. The zero-order chi connectivity index (χ0) is 30.1. The molecule has 1 aliphatic heterocycles. The minimum Gasteiger partial charge on any atom is -0.481 e. The topological polar surface area (TPSA) is 141 Å². The summed E-state index contributed by atoms with van der Waals surface area (Å²) in [6, 6.07) is 16.5. The van der Waals surface area contributed by atoms with Crippen LogP contribution in [-0.2, 0) is 22.6 Å². The number of anilines is 4. The molecule has 2 aromatic carbocycles. The zero-order valence-electron chi connectivity index (χ0n) is 24.1. The van der Waals surface area contributed by atoms with Crippen LogP contribution in [-0.4, -0.2) is 72.7 Å². The van der Waals surface area contributed by atoms with E-state index in [9.17, 15) is 9.59 Å². The number of carbonyl (C=O) groups excluding carboxylic acids is 2. The predicted molar refractivity (Wildman–Crippen MR) is 169 cm³/mol. The lowest BCUT2D eigenvalue weighted by molar-refractivity contribution is -0.111. The minimum atomic E-state index is -0.272. The molecule has 0 unspecified atom stereocenters. The summed E-state index contributed by atoms with van der Waals surface area (Å²) in [6.45, 7) is 1.34. The van der Waals surface area contributed by atoms with Gasteiger partial charge in [-0.15, -0.1) is 0 Å². The van der Waals surface area contributed by atoms with Gasteiger partial charge in [-0.25, -0.2) is 14.7 Å². The maximum Gasteiger partial charge on any atom is 0.330 e. The van der Waals surface area contributed by atoms with Crippen molar-refractivity contribution >= 4 is 41.3 Å². The van der Waals surface area contributed by atoms with Gasteiger partial charge in [0.1, 0.15) is 5.70 Å². The molecule has 0 spiro atoms. The third kappa shape index (κ3) is 7.49. The smallest absolute Gasteiger partial charge is 0.330 e. The van der Waals surface area contributed by atoms with Crippen molar-refractivity contribution in [3.8, 4) is 0 Å². The number of methoxy groups -OCH3 is 1. The quantitative estimate of drug-likeness (QED) is 0.176. The molecule has 0 bridgehead atoms. The highest BCUT2D eigenvalue weighted by atomic mass is 16.5. The minimum absolute atomic E-state index is 0. The number of hydrogen-bond acceptors (Lipinski definition) is 9. The molecule has 0 atom stereocenters. The Labute approximate surface area is 248 Å². The first kappa shape index (κ1) is 29.7. The van der Waals surface area contributed by atoms with Crippen LogP contribution in [0.2, 0.25) is 0 Å². The van der Waals surface area contributed by atoms with Gasteiger partial charge in [0.15, 0.2) is 5.82 Å². The van der Waals surface area contributed by atoms with E-state index in [1.807, 2.05) is 49.3 Å². The third-order valence-electron chi connectivity index (χ3n) is 6.19. The molecule has 0 saturated heterocycles. The highest BCUT2D eigenvalue weighted by molar-refractivity contribution is 6.03. The summed E-state index contributed by atoms with van der Waals surface area (Å²) in [7, 11) is 6.89. The Balaban J connectivity index is 0.00000337. The van der Waals surface area contributed by atoms with Gasteiger partial charge in [0, 0.05) is 52.7 Å². The molecule has 0 fully saturated rings. The van der Waals surface area contributed by atoms with Crippen LogP contribution in [0.1, 0.15) is 14.0 Å². The number of rotatable bonds is 11. The van der Waals surface area contributed by atoms with Gasteiger partial charge < -0.3 is 30.9 Å². The molecular formula is C30H39N9O3. The molecule has 222 valence electrons. The van der Waals surface area contributed by atoms with Crippen LogP contribution in [0, 0.1) is 0 Å². The molecule has 3 aromatic rings. The Morgan fingerprint density at radius 3 is 2.69 bits per heavy atom. The second kappa shape index (κ2) is 13.9. The van der Waals surface area contributed by atoms with Crippen molar-refractivity contribution in [1.29, 1.82) is 0 Å². The predicted octanol–water partition coefficient (Wildman–Crippen LogP) is 4.19. The Kier molecular flexibility index (Phi) is 9.85. The van der Waals surface area contributed by atoms with Gasteiger partial charge >= 0.3 is 6.03 Å². The van der Waals surface area contributed by atoms with Crippen molar-refractivity contribution in [3.05, 3.63) is 95.7 Å². The van der Waals surface area contributed by atoms with E-state index < -0.39 is 0 Å². The van der Waals surface area contributed by atoms with E-state index in [0.29, 0.717) is 42.5 Å². The molecule has 1 aromatic heterocycles. The standard InChI is InChI=1S/C30H35N9O3.2H2/c1-32-18-25(27(31)42-4)35-29-33-17-22-20-38(19-21-10-6-5-7-11-21)30(41)39(28(22)36-29)24-13-8-12-23(16-24)34-26(40)14-9-15-37(2)3;;/h5-14,16-18H,15,19-20,31H2,1-4H3,(H,34,40)(H,33,35,36);2*1H/b14-9+,27-25-,32-18?;;. The highest BCUT2D eigenvalue weighted by Gasteiger charge is 2.33. The number of nitrogens with two attached hydrogens (primary N) is 1. The first-order valence-electron chi connectivity index (χ1n) is 13.2. The lowest BCUT2D eigenvalue weighted by Crippen LogP contribution is -2.45. The van der Waals surface area contributed by atoms with E-state index in [-0.39, 0.29) is 26.6 Å². The van der Waals surface area contributed by atoms with E-state index in [0.717, 1.165) is 11.1 Å². The summed E-state index contributed by atoms with van der Waals surface area (Å²) < 4.78 is 5.14. The van der Waals surface area contributed by atoms with Crippen LogP contribution in [0.5, 0.6) is 0 Å². The largest absolute Gasteiger partial charge is 0.481 e. The van der Waals surface area contributed by atoms with Crippen molar-refractivity contribution in [2.45, 2.75) is 13.1 Å². The molecular weight excluding hydrogens is 534 g/mol. The molecule has 3 amide bonds. The molecule has 0 aliphatic carbocycles. The number of aliphatic imine (C=N–C) groups is 1. The van der Waals surface area contributed by atoms with E-state index in [4.69, 9.17) is 15.5 Å². The summed E-state index contributed by atoms with van der Waals surface area (Å²) in [5, 5.41) is 5.89. The third-order valence-corrected chi connectivity index (χ3v) is 6.19. The Morgan fingerprint density at radius 2 is 1.98 bits per heavy atom. The summed E-state index contributed by atoms with van der Waals surface area (Å²) in [6.07, 6.45) is 6.42. The molecule has 12 nitrogen and oxygen atoms in total. The Morgan fingerprint density at radius 1 is 1.19 bits per heavy atom. The molecule has 4 N–H and O–H groups in total. The van der Waals surface area contributed by atoms with E-state index in [2.05, 4.69) is 20.6 Å². The second-order valence-electron chi connectivity index (χ2n) is 9.70. The van der Waals surface area contributed by atoms with Crippen LogP contribution in [0.4, 0.5) is 27.9 Å². The first-order chi connectivity index (χ1) is 20.3. The van der Waals surface area contributed by atoms with Crippen molar-refractivity contribution in [1.82, 2.24) is 19.8 Å². The number of carbonyl (C=O) groups is 2. The van der Waals surface area contributed by atoms with Gasteiger partial charge in [0.2, 0.25) is 17.7 Å². The van der Waals surface area contributed by atoms with E-state index in [1.165, 1.54) is 24.3 Å². The van der Waals surface area contributed by atoms with Crippen LogP contribution < -0.4 is 21.3 Å². The van der Waals surface area contributed by atoms with Crippen molar-refractivity contribution in [2.75, 3.05) is 50.3 Å². The lowest BCUT2D eigenvalue weighted by atomic mass is 10.1. The summed E-state index contributed by atoms with van der Waals surface area (Å²) in [5.74, 6) is 0.437. The van der Waals surface area contributed by atoms with Gasteiger partial charge in [-0.2, -0.15) is 4.98 Å². The normalized spacial score (nSPS) is 13.9. The Bertz CT molecular complexity index is 1510. The number of likely N-dealkylation sites (N-methyl/N-ethyl adjacent to an activating group) is 1. The molecule has 1 aliphatic rings. The molecule has 42 heavy (non-hydrogen) atoms. The molecule has 12 heteroatoms. The monoisotopic (exact) mass is 573 g/mol. The summed E-state index contributed by atoms with van der Waals surface area (Å²) in [4.78, 5) is 44.9. The van der Waals surface area contributed by atoms with Crippen molar-refractivity contribution in [3.63, 3.8) is 0 Å². The van der Waals surface area contributed by atoms with E-state index in [1.54, 1.807) is 48.5 Å². The van der Waals surface area contributed by atoms with Gasteiger partial charge in [-0.05, 0) is 37.9 Å². The molecule has 0 radical (unpaired) electrons. The number of allylic oxidation sites excluding steroid dienone is 1. The molecule has 0 saturated carbocycles. The van der Waals surface area contributed by atoms with Gasteiger partial charge in [0.05, 0.1) is 19.3 Å². The summed E-state index contributed by atoms with van der Waals surface area (Å²) >= 11 is 0. The fraction of sp³-hybridized carbons (Fsp3) is 0.233. The number of urea groups is 1. The number of fused-ring (bicyclic) bond motifs is 1. The second-order valence-corrected chi connectivity index (χ2v) is 9.70. The van der Waals surface area contributed by atoms with Crippen molar-refractivity contribution < 1.29 is 17.2 Å². The lowest BCUT2D eigenvalue weighted by Gasteiger charge is -2.36. The van der Waals surface area contributed by atoms with Crippen LogP contribution in [0.25, 0.3) is 0 Å². The van der Waals surface area contributed by atoms with E-state index >= 15 is 0 Å². The molecule has 2 heterocycles. The number of amides is 3. The van der Waals surface area contributed by atoms with Crippen molar-refractivity contribution in [2.24, 2.45) is 10.7 Å². The van der Waals surface area contributed by atoms with Gasteiger partial charge in [-0.3, -0.25) is 9.79 Å². The SMILES string of the molecule is CN=C/C(Nc1ncc2c(n1)N(c1cccc(NC(=O)/C=C/CN(C)C)c1)C(=O)N(Cc1ccccc1)C2)=C(\N)OC.[HH].[HH].